The third-order valence-electron chi connectivity index (χ3n) is 3.93. The van der Waals surface area contributed by atoms with Crippen molar-refractivity contribution in [1.82, 2.24) is 4.98 Å². The fourth-order valence-electron chi connectivity index (χ4n) is 2.86. The summed E-state index contributed by atoms with van der Waals surface area (Å²) in [7, 11) is 3.13. The van der Waals surface area contributed by atoms with Gasteiger partial charge >= 0.3 is 0 Å². The average Bonchev–Trinajstić information content (AvgIpc) is 2.55. The Hall–Kier alpha value is -1.98. The van der Waals surface area contributed by atoms with Gasteiger partial charge in [-0.05, 0) is 22.1 Å². The second kappa shape index (κ2) is 7.28. The molecule has 0 spiro atoms. The molecule has 1 N–H and O–H groups in total. The molecule has 0 unspecified atom stereocenters. The maximum Gasteiger partial charge on any atom is 0.213 e. The van der Waals surface area contributed by atoms with E-state index in [9.17, 15) is 9.50 Å². The van der Waals surface area contributed by atoms with Gasteiger partial charge in [-0.1, -0.05) is 39.0 Å². The standard InChI is InChI=1S/C19H24FNO3/c1-19(2,3)18(24-5)15-8-12(11-22)6-7-13(15)14-9-17(23-4)21-10-16(14)20/h6-10,18,22H,11H2,1-5H3/t18-/m0/s1. The van der Waals surface area contributed by atoms with Crippen LogP contribution in [0.4, 0.5) is 4.39 Å². The summed E-state index contributed by atoms with van der Waals surface area (Å²) < 4.78 is 25.2. The minimum Gasteiger partial charge on any atom is -0.481 e. The molecule has 1 aromatic carbocycles. The van der Waals surface area contributed by atoms with Crippen molar-refractivity contribution in [2.75, 3.05) is 14.2 Å². The molecule has 1 aromatic heterocycles. The molecule has 5 heteroatoms. The third-order valence-corrected chi connectivity index (χ3v) is 3.93. The number of methoxy groups -OCH3 is 2. The smallest absolute Gasteiger partial charge is 0.213 e. The number of nitrogens with zero attached hydrogens (tertiary/aromatic N) is 1. The Morgan fingerprint density at radius 2 is 1.88 bits per heavy atom. The lowest BCUT2D eigenvalue weighted by molar-refractivity contribution is 0.0155. The topological polar surface area (TPSA) is 51.6 Å². The molecule has 0 radical (unpaired) electrons. The largest absolute Gasteiger partial charge is 0.481 e. The first-order chi connectivity index (χ1) is 11.3. The second-order valence-electron chi connectivity index (χ2n) is 6.77. The fraction of sp³-hybridized carbons (Fsp3) is 0.421. The van der Waals surface area contributed by atoms with Crippen molar-refractivity contribution in [3.8, 4) is 17.0 Å². The van der Waals surface area contributed by atoms with Gasteiger partial charge in [0.15, 0.2) is 0 Å². The lowest BCUT2D eigenvalue weighted by Gasteiger charge is -2.31. The van der Waals surface area contributed by atoms with Crippen molar-refractivity contribution >= 4 is 0 Å². The first-order valence-corrected chi connectivity index (χ1v) is 7.78. The SMILES string of the molecule is COc1cc(-c2ccc(CO)cc2[C@H](OC)C(C)(C)C)c(F)cn1. The molecule has 24 heavy (non-hydrogen) atoms. The summed E-state index contributed by atoms with van der Waals surface area (Å²) in [5, 5.41) is 9.47. The molecular weight excluding hydrogens is 309 g/mol. The second-order valence-corrected chi connectivity index (χ2v) is 6.77. The van der Waals surface area contributed by atoms with Gasteiger partial charge in [-0.25, -0.2) is 9.37 Å². The highest BCUT2D eigenvalue weighted by molar-refractivity contribution is 5.70. The summed E-state index contributed by atoms with van der Waals surface area (Å²) in [6.45, 7) is 6.08. The number of hydrogen-bond donors (Lipinski definition) is 1. The van der Waals surface area contributed by atoms with Gasteiger partial charge in [0.25, 0.3) is 0 Å². The van der Waals surface area contributed by atoms with E-state index in [4.69, 9.17) is 9.47 Å². The minimum absolute atomic E-state index is 0.0873. The Morgan fingerprint density at radius 1 is 1.17 bits per heavy atom. The summed E-state index contributed by atoms with van der Waals surface area (Å²) in [5.74, 6) is -0.0918. The molecule has 1 heterocycles. The molecule has 0 aliphatic rings. The highest BCUT2D eigenvalue weighted by Gasteiger charge is 2.29. The number of hydrogen-bond acceptors (Lipinski definition) is 4. The van der Waals surface area contributed by atoms with Gasteiger partial charge in [0.1, 0.15) is 5.82 Å². The lowest BCUT2D eigenvalue weighted by atomic mass is 9.81. The van der Waals surface area contributed by atoms with E-state index in [2.05, 4.69) is 25.8 Å². The van der Waals surface area contributed by atoms with E-state index in [1.165, 1.54) is 7.11 Å². The molecule has 0 amide bonds. The number of aliphatic hydroxyl groups is 1. The Balaban J connectivity index is 2.70. The zero-order chi connectivity index (χ0) is 17.9. The molecular formula is C19H24FNO3. The van der Waals surface area contributed by atoms with Crippen LogP contribution in [0.15, 0.2) is 30.5 Å². The monoisotopic (exact) mass is 333 g/mol. The first kappa shape index (κ1) is 18.4. The molecule has 1 atom stereocenters. The Bertz CT molecular complexity index is 710. The van der Waals surface area contributed by atoms with Crippen molar-refractivity contribution in [1.29, 1.82) is 0 Å². The van der Waals surface area contributed by atoms with Gasteiger partial charge < -0.3 is 14.6 Å². The van der Waals surface area contributed by atoms with E-state index < -0.39 is 5.82 Å². The van der Waals surface area contributed by atoms with Gasteiger partial charge in [-0.3, -0.25) is 0 Å². The van der Waals surface area contributed by atoms with Crippen molar-refractivity contribution in [2.45, 2.75) is 33.5 Å². The quantitative estimate of drug-likeness (QED) is 0.894. The highest BCUT2D eigenvalue weighted by atomic mass is 19.1. The zero-order valence-corrected chi connectivity index (χ0v) is 14.8. The number of halogens is 1. The summed E-state index contributed by atoms with van der Waals surface area (Å²) in [4.78, 5) is 3.89. The zero-order valence-electron chi connectivity index (χ0n) is 14.8. The highest BCUT2D eigenvalue weighted by Crippen LogP contribution is 2.41. The summed E-state index contributed by atoms with van der Waals surface area (Å²) in [6.07, 6.45) is 0.883. The predicted octanol–water partition coefficient (Wildman–Crippen LogP) is 4.12. The predicted molar refractivity (Wildman–Crippen MR) is 91.3 cm³/mol. The summed E-state index contributed by atoms with van der Waals surface area (Å²) in [6, 6.07) is 7.01. The summed E-state index contributed by atoms with van der Waals surface area (Å²) in [5.41, 5.74) is 2.47. The van der Waals surface area contributed by atoms with Crippen LogP contribution in [-0.4, -0.2) is 24.3 Å². The molecule has 2 aromatic rings. The van der Waals surface area contributed by atoms with Gasteiger partial charge in [0.2, 0.25) is 5.88 Å². The molecule has 130 valence electrons. The van der Waals surface area contributed by atoms with Gasteiger partial charge in [-0.2, -0.15) is 0 Å². The van der Waals surface area contributed by atoms with Crippen LogP contribution >= 0.6 is 0 Å². The van der Waals surface area contributed by atoms with Crippen LogP contribution in [0.25, 0.3) is 11.1 Å². The molecule has 4 nitrogen and oxygen atoms in total. The number of aromatic nitrogens is 1. The Kier molecular flexibility index (Phi) is 5.57. The number of pyridine rings is 1. The van der Waals surface area contributed by atoms with Gasteiger partial charge in [-0.15, -0.1) is 0 Å². The molecule has 0 fully saturated rings. The number of benzene rings is 1. The van der Waals surface area contributed by atoms with Crippen LogP contribution < -0.4 is 4.74 Å². The van der Waals surface area contributed by atoms with E-state index in [-0.39, 0.29) is 18.1 Å². The van der Waals surface area contributed by atoms with Crippen LogP contribution in [0, 0.1) is 11.2 Å². The van der Waals surface area contributed by atoms with Crippen LogP contribution in [0.3, 0.4) is 0 Å². The van der Waals surface area contributed by atoms with E-state index in [1.54, 1.807) is 25.3 Å². The van der Waals surface area contributed by atoms with Crippen molar-refractivity contribution in [3.05, 3.63) is 47.4 Å². The normalized spacial score (nSPS) is 13.0. The van der Waals surface area contributed by atoms with Crippen LogP contribution in [0.1, 0.15) is 38.0 Å². The number of ether oxygens (including phenoxy) is 2. The maximum atomic E-state index is 14.4. The van der Waals surface area contributed by atoms with E-state index in [1.807, 2.05) is 6.07 Å². The van der Waals surface area contributed by atoms with Gasteiger partial charge in [0, 0.05) is 18.7 Å². The summed E-state index contributed by atoms with van der Waals surface area (Å²) >= 11 is 0. The molecule has 0 saturated heterocycles. The fourth-order valence-corrected chi connectivity index (χ4v) is 2.86. The third kappa shape index (κ3) is 3.74. The number of aliphatic hydroxyl groups excluding tert-OH is 1. The molecule has 0 aliphatic carbocycles. The molecule has 0 saturated carbocycles. The van der Waals surface area contributed by atoms with E-state index in [0.29, 0.717) is 17.0 Å². The van der Waals surface area contributed by atoms with E-state index in [0.717, 1.165) is 17.3 Å². The molecule has 2 rings (SSSR count). The van der Waals surface area contributed by atoms with Crippen LogP contribution in [-0.2, 0) is 11.3 Å². The van der Waals surface area contributed by atoms with Crippen LogP contribution in [0.2, 0.25) is 0 Å². The maximum absolute atomic E-state index is 14.4. The van der Waals surface area contributed by atoms with Gasteiger partial charge in [0.05, 0.1) is 26.0 Å². The lowest BCUT2D eigenvalue weighted by Crippen LogP contribution is -2.21. The number of rotatable bonds is 5. The molecule has 0 bridgehead atoms. The van der Waals surface area contributed by atoms with Crippen molar-refractivity contribution in [2.24, 2.45) is 5.41 Å². The molecule has 0 aliphatic heterocycles. The Labute approximate surface area is 142 Å². The van der Waals surface area contributed by atoms with Crippen molar-refractivity contribution in [3.63, 3.8) is 0 Å². The average molecular weight is 333 g/mol. The van der Waals surface area contributed by atoms with Crippen molar-refractivity contribution < 1.29 is 19.0 Å². The first-order valence-electron chi connectivity index (χ1n) is 7.78. The Morgan fingerprint density at radius 3 is 2.42 bits per heavy atom. The van der Waals surface area contributed by atoms with E-state index >= 15 is 0 Å². The minimum atomic E-state index is -0.433. The van der Waals surface area contributed by atoms with Crippen LogP contribution in [0.5, 0.6) is 5.88 Å².